The van der Waals surface area contributed by atoms with E-state index < -0.39 is 0 Å². The van der Waals surface area contributed by atoms with E-state index in [0.717, 1.165) is 5.56 Å². The molecule has 1 saturated heterocycles. The van der Waals surface area contributed by atoms with E-state index in [4.69, 9.17) is 4.42 Å². The molecular weight excluding hydrogens is 337 g/mol. The second-order valence-corrected chi connectivity index (χ2v) is 6.33. The van der Waals surface area contributed by atoms with E-state index in [-0.39, 0.29) is 30.2 Å². The van der Waals surface area contributed by atoms with Gasteiger partial charge < -0.3 is 14.6 Å². The van der Waals surface area contributed by atoms with Gasteiger partial charge in [-0.15, -0.1) is 0 Å². The maximum Gasteiger partial charge on any atom is 0.289 e. The third-order valence-electron chi connectivity index (χ3n) is 4.62. The summed E-state index contributed by atoms with van der Waals surface area (Å²) < 4.78 is 18.3. The van der Waals surface area contributed by atoms with Crippen molar-refractivity contribution < 1.29 is 18.4 Å². The van der Waals surface area contributed by atoms with Gasteiger partial charge in [0.15, 0.2) is 5.76 Å². The summed E-state index contributed by atoms with van der Waals surface area (Å²) in [6.07, 6.45) is 1.48. The van der Waals surface area contributed by atoms with Crippen LogP contribution in [0.1, 0.15) is 23.0 Å². The van der Waals surface area contributed by atoms with Gasteiger partial charge in [-0.1, -0.05) is 12.1 Å². The number of hydrogen-bond acceptors (Lipinski definition) is 4. The molecule has 1 N–H and O–H groups in total. The third kappa shape index (κ3) is 4.29. The second-order valence-electron chi connectivity index (χ2n) is 6.33. The number of furan rings is 1. The molecule has 2 amide bonds. The minimum atomic E-state index is -0.317. The first kappa shape index (κ1) is 18.1. The van der Waals surface area contributed by atoms with Crippen molar-refractivity contribution in [2.45, 2.75) is 19.5 Å². The van der Waals surface area contributed by atoms with E-state index in [1.54, 1.807) is 29.2 Å². The summed E-state index contributed by atoms with van der Waals surface area (Å²) in [5.41, 5.74) is 0.722. The molecule has 26 heavy (non-hydrogen) atoms. The van der Waals surface area contributed by atoms with Gasteiger partial charge in [-0.05, 0) is 36.8 Å². The van der Waals surface area contributed by atoms with Gasteiger partial charge in [0, 0.05) is 32.7 Å². The molecule has 0 saturated carbocycles. The molecule has 0 aliphatic carbocycles. The van der Waals surface area contributed by atoms with Crippen molar-refractivity contribution in [3.63, 3.8) is 0 Å². The third-order valence-corrected chi connectivity index (χ3v) is 4.62. The molecule has 2 heterocycles. The van der Waals surface area contributed by atoms with Crippen LogP contribution in [0, 0.1) is 5.82 Å². The molecule has 0 bridgehead atoms. The van der Waals surface area contributed by atoms with Crippen LogP contribution in [0.3, 0.4) is 0 Å². The van der Waals surface area contributed by atoms with Crippen LogP contribution >= 0.6 is 0 Å². The van der Waals surface area contributed by atoms with E-state index in [1.807, 2.05) is 11.8 Å². The fraction of sp³-hybridized carbons (Fsp3) is 0.368. The van der Waals surface area contributed by atoms with Gasteiger partial charge in [-0.25, -0.2) is 4.39 Å². The first-order valence-corrected chi connectivity index (χ1v) is 8.63. The van der Waals surface area contributed by atoms with Crippen molar-refractivity contribution in [3.05, 3.63) is 59.8 Å². The highest BCUT2D eigenvalue weighted by molar-refractivity contribution is 5.91. The number of amides is 2. The Morgan fingerprint density at radius 3 is 2.62 bits per heavy atom. The van der Waals surface area contributed by atoms with Gasteiger partial charge in [-0.2, -0.15) is 0 Å². The van der Waals surface area contributed by atoms with Crippen LogP contribution in [-0.4, -0.2) is 53.8 Å². The molecule has 3 rings (SSSR count). The van der Waals surface area contributed by atoms with E-state index in [1.165, 1.54) is 18.4 Å². The Hall–Kier alpha value is -2.67. The number of carbonyl (C=O) groups is 2. The van der Waals surface area contributed by atoms with Gasteiger partial charge in [0.05, 0.1) is 12.3 Å². The van der Waals surface area contributed by atoms with Crippen LogP contribution in [0.25, 0.3) is 0 Å². The molecule has 0 unspecified atom stereocenters. The van der Waals surface area contributed by atoms with Gasteiger partial charge in [-0.3, -0.25) is 14.5 Å². The molecule has 2 aromatic rings. The lowest BCUT2D eigenvalue weighted by Crippen LogP contribution is -2.54. The first-order chi connectivity index (χ1) is 12.5. The SMILES string of the molecule is C[C@H](C(=O)NCc1cccc(F)c1)N1CCN(C(=O)c2ccco2)CC1. The Bertz CT molecular complexity index is 755. The molecule has 7 heteroatoms. The van der Waals surface area contributed by atoms with Crippen molar-refractivity contribution >= 4 is 11.8 Å². The lowest BCUT2D eigenvalue weighted by Gasteiger charge is -2.37. The Morgan fingerprint density at radius 2 is 1.96 bits per heavy atom. The summed E-state index contributed by atoms with van der Waals surface area (Å²) >= 11 is 0. The molecule has 1 atom stereocenters. The van der Waals surface area contributed by atoms with Gasteiger partial charge in [0.1, 0.15) is 5.82 Å². The summed E-state index contributed by atoms with van der Waals surface area (Å²) in [6, 6.07) is 9.19. The van der Waals surface area contributed by atoms with Gasteiger partial charge in [0.25, 0.3) is 5.91 Å². The first-order valence-electron chi connectivity index (χ1n) is 8.63. The lowest BCUT2D eigenvalue weighted by molar-refractivity contribution is -0.126. The minimum Gasteiger partial charge on any atom is -0.459 e. The number of nitrogens with one attached hydrogen (secondary N) is 1. The largest absolute Gasteiger partial charge is 0.459 e. The number of rotatable bonds is 5. The Labute approximate surface area is 151 Å². The Balaban J connectivity index is 1.47. The van der Waals surface area contributed by atoms with E-state index >= 15 is 0 Å². The molecule has 1 aliphatic rings. The number of piperazine rings is 1. The average molecular weight is 359 g/mol. The van der Waals surface area contributed by atoms with Gasteiger partial charge >= 0.3 is 0 Å². The zero-order valence-corrected chi connectivity index (χ0v) is 14.7. The Kier molecular flexibility index (Phi) is 5.68. The highest BCUT2D eigenvalue weighted by Crippen LogP contribution is 2.12. The fourth-order valence-electron chi connectivity index (χ4n) is 3.02. The minimum absolute atomic E-state index is 0.111. The number of hydrogen-bond donors (Lipinski definition) is 1. The number of nitrogens with zero attached hydrogens (tertiary/aromatic N) is 2. The molecule has 1 aromatic carbocycles. The molecule has 1 aromatic heterocycles. The van der Waals surface area contributed by atoms with Crippen LogP contribution in [0.4, 0.5) is 4.39 Å². The monoisotopic (exact) mass is 359 g/mol. The normalized spacial score (nSPS) is 16.3. The van der Waals surface area contributed by atoms with E-state index in [0.29, 0.717) is 31.9 Å². The standard InChI is InChI=1S/C19H22FN3O3/c1-14(18(24)21-13-15-4-2-5-16(20)12-15)22-7-9-23(10-8-22)19(25)17-6-3-11-26-17/h2-6,11-12,14H,7-10,13H2,1H3,(H,21,24)/t14-/m1/s1. The number of benzene rings is 1. The van der Waals surface area contributed by atoms with Crippen molar-refractivity contribution in [1.29, 1.82) is 0 Å². The maximum atomic E-state index is 13.2. The van der Waals surface area contributed by atoms with Crippen molar-refractivity contribution in [1.82, 2.24) is 15.1 Å². The predicted molar refractivity (Wildman–Crippen MR) is 93.9 cm³/mol. The summed E-state index contributed by atoms with van der Waals surface area (Å²) in [5.74, 6) is -0.223. The van der Waals surface area contributed by atoms with Gasteiger partial charge in [0.2, 0.25) is 5.91 Å². The molecular formula is C19H22FN3O3. The average Bonchev–Trinajstić information content (AvgIpc) is 3.20. The quantitative estimate of drug-likeness (QED) is 0.885. The highest BCUT2D eigenvalue weighted by Gasteiger charge is 2.28. The predicted octanol–water partition coefficient (Wildman–Crippen LogP) is 1.88. The zero-order chi connectivity index (χ0) is 18.5. The Morgan fingerprint density at radius 1 is 1.19 bits per heavy atom. The second kappa shape index (κ2) is 8.14. The molecule has 1 aliphatic heterocycles. The van der Waals surface area contributed by atoms with Crippen LogP contribution in [0.2, 0.25) is 0 Å². The molecule has 1 fully saturated rings. The van der Waals surface area contributed by atoms with Crippen LogP contribution < -0.4 is 5.32 Å². The zero-order valence-electron chi connectivity index (χ0n) is 14.7. The number of halogens is 1. The summed E-state index contributed by atoms with van der Waals surface area (Å²) in [6.45, 7) is 4.44. The summed E-state index contributed by atoms with van der Waals surface area (Å²) in [7, 11) is 0. The van der Waals surface area contributed by atoms with E-state index in [9.17, 15) is 14.0 Å². The smallest absolute Gasteiger partial charge is 0.289 e. The van der Waals surface area contributed by atoms with Crippen LogP contribution in [0.5, 0.6) is 0 Å². The van der Waals surface area contributed by atoms with Crippen LogP contribution in [0.15, 0.2) is 47.1 Å². The van der Waals surface area contributed by atoms with Crippen molar-refractivity contribution in [2.24, 2.45) is 0 Å². The fourth-order valence-corrected chi connectivity index (χ4v) is 3.02. The van der Waals surface area contributed by atoms with Crippen LogP contribution in [-0.2, 0) is 11.3 Å². The maximum absolute atomic E-state index is 13.2. The summed E-state index contributed by atoms with van der Waals surface area (Å²) in [5, 5.41) is 2.84. The lowest BCUT2D eigenvalue weighted by atomic mass is 10.2. The summed E-state index contributed by atoms with van der Waals surface area (Å²) in [4.78, 5) is 28.4. The highest BCUT2D eigenvalue weighted by atomic mass is 19.1. The molecule has 138 valence electrons. The molecule has 6 nitrogen and oxygen atoms in total. The molecule has 0 spiro atoms. The van der Waals surface area contributed by atoms with Crippen molar-refractivity contribution in [3.8, 4) is 0 Å². The molecule has 0 radical (unpaired) electrons. The van der Waals surface area contributed by atoms with Crippen molar-refractivity contribution in [2.75, 3.05) is 26.2 Å². The number of carbonyl (C=O) groups excluding carboxylic acids is 2. The topological polar surface area (TPSA) is 65.8 Å². The van der Waals surface area contributed by atoms with E-state index in [2.05, 4.69) is 5.32 Å².